The van der Waals surface area contributed by atoms with Gasteiger partial charge in [-0.25, -0.2) is 5.43 Å². The number of hydrogen-bond donors (Lipinski definition) is 2. The lowest BCUT2D eigenvalue weighted by Gasteiger charge is -2.20. The summed E-state index contributed by atoms with van der Waals surface area (Å²) in [6, 6.07) is 15.8. The second-order valence-corrected chi connectivity index (χ2v) is 8.13. The van der Waals surface area contributed by atoms with Crippen molar-refractivity contribution in [2.24, 2.45) is 11.0 Å². The van der Waals surface area contributed by atoms with Crippen LogP contribution in [-0.4, -0.2) is 37.5 Å². The molecule has 8 nitrogen and oxygen atoms in total. The van der Waals surface area contributed by atoms with Crippen molar-refractivity contribution in [1.82, 2.24) is 10.7 Å². The number of rotatable bonds is 8. The maximum atomic E-state index is 12.8. The molecule has 2 amide bonds. The van der Waals surface area contributed by atoms with Gasteiger partial charge < -0.3 is 19.5 Å². The first-order valence-corrected chi connectivity index (χ1v) is 11.2. The van der Waals surface area contributed by atoms with Crippen LogP contribution in [0.4, 0.5) is 0 Å². The van der Waals surface area contributed by atoms with E-state index in [1.807, 2.05) is 57.2 Å². The van der Waals surface area contributed by atoms with Crippen molar-refractivity contribution in [2.45, 2.75) is 26.8 Å². The van der Waals surface area contributed by atoms with E-state index in [0.29, 0.717) is 23.7 Å². The second kappa shape index (κ2) is 10.2. The molecule has 1 aliphatic rings. The van der Waals surface area contributed by atoms with E-state index in [1.165, 1.54) is 0 Å². The first-order chi connectivity index (χ1) is 16.5. The normalized spacial score (nSPS) is 13.3. The highest BCUT2D eigenvalue weighted by Crippen LogP contribution is 2.32. The van der Waals surface area contributed by atoms with E-state index in [1.54, 1.807) is 24.4 Å². The predicted molar refractivity (Wildman–Crippen MR) is 130 cm³/mol. The van der Waals surface area contributed by atoms with Crippen molar-refractivity contribution in [3.63, 3.8) is 0 Å². The molecule has 1 heterocycles. The predicted octanol–water partition coefficient (Wildman–Crippen LogP) is 3.87. The molecule has 0 bridgehead atoms. The van der Waals surface area contributed by atoms with E-state index in [0.717, 1.165) is 22.1 Å². The number of benzene rings is 3. The van der Waals surface area contributed by atoms with Crippen molar-refractivity contribution < 1.29 is 23.8 Å². The van der Waals surface area contributed by atoms with Crippen molar-refractivity contribution >= 4 is 28.8 Å². The largest absolute Gasteiger partial charge is 0.493 e. The fourth-order valence-electron chi connectivity index (χ4n) is 3.72. The number of hydrazone groups is 1. The first-order valence-electron chi connectivity index (χ1n) is 11.2. The summed E-state index contributed by atoms with van der Waals surface area (Å²) in [5.74, 6) is 0.949. The van der Waals surface area contributed by atoms with Crippen LogP contribution in [0, 0.1) is 5.92 Å². The Hall–Kier alpha value is -4.07. The van der Waals surface area contributed by atoms with Gasteiger partial charge >= 0.3 is 0 Å². The van der Waals surface area contributed by atoms with E-state index >= 15 is 0 Å². The zero-order valence-electron chi connectivity index (χ0n) is 19.3. The monoisotopic (exact) mass is 461 g/mol. The van der Waals surface area contributed by atoms with Crippen LogP contribution in [0.1, 0.15) is 36.7 Å². The maximum Gasteiger partial charge on any atom is 0.262 e. The molecule has 0 radical (unpaired) electrons. The molecule has 0 spiro atoms. The van der Waals surface area contributed by atoms with Crippen LogP contribution < -0.4 is 25.0 Å². The number of hydrogen-bond acceptors (Lipinski definition) is 6. The highest BCUT2D eigenvalue weighted by molar-refractivity contribution is 6.03. The van der Waals surface area contributed by atoms with Crippen LogP contribution in [0.2, 0.25) is 0 Å². The van der Waals surface area contributed by atoms with Crippen molar-refractivity contribution in [2.75, 3.05) is 13.4 Å². The Balaban J connectivity index is 1.45. The number of carbonyl (C=O) groups excluding carboxylic acids is 2. The van der Waals surface area contributed by atoms with Gasteiger partial charge in [0.1, 0.15) is 11.8 Å². The van der Waals surface area contributed by atoms with E-state index in [9.17, 15) is 9.59 Å². The van der Waals surface area contributed by atoms with Crippen molar-refractivity contribution in [3.8, 4) is 17.2 Å². The summed E-state index contributed by atoms with van der Waals surface area (Å²) in [5, 5.41) is 8.86. The van der Waals surface area contributed by atoms with Crippen LogP contribution in [-0.2, 0) is 4.79 Å². The van der Waals surface area contributed by atoms with Gasteiger partial charge in [0, 0.05) is 16.5 Å². The van der Waals surface area contributed by atoms with Crippen LogP contribution in [0.3, 0.4) is 0 Å². The first kappa shape index (κ1) is 23.1. The third kappa shape index (κ3) is 4.96. The molecule has 1 aliphatic heterocycles. The van der Waals surface area contributed by atoms with E-state index < -0.39 is 11.9 Å². The fourth-order valence-corrected chi connectivity index (χ4v) is 3.72. The summed E-state index contributed by atoms with van der Waals surface area (Å²) in [7, 11) is 0. The molecule has 0 aromatic heterocycles. The van der Waals surface area contributed by atoms with E-state index in [2.05, 4.69) is 15.8 Å². The Morgan fingerprint density at radius 2 is 1.82 bits per heavy atom. The van der Waals surface area contributed by atoms with Crippen molar-refractivity contribution in [3.05, 3.63) is 65.7 Å². The number of ether oxygens (including phenoxy) is 3. The molecule has 34 heavy (non-hydrogen) atoms. The minimum atomic E-state index is -0.771. The number of fused-ring (bicyclic) bond motifs is 2. The standard InChI is InChI=1S/C26H27N3O5/c1-4-32-21-11-10-18(19-7-5-6-8-20(19)21)14-27-29-26(31)24(16(2)3)28-25(30)17-9-12-22-23(13-17)34-15-33-22/h5-14,16,24H,4,15H2,1-3H3,(H,28,30)(H,29,31)/b27-14-. The van der Waals surface area contributed by atoms with Gasteiger partial charge in [-0.15, -0.1) is 0 Å². The van der Waals surface area contributed by atoms with Gasteiger partial charge in [0.25, 0.3) is 11.8 Å². The lowest BCUT2D eigenvalue weighted by Crippen LogP contribution is -2.48. The summed E-state index contributed by atoms with van der Waals surface area (Å²) in [6.45, 7) is 6.35. The molecule has 1 unspecified atom stereocenters. The summed E-state index contributed by atoms with van der Waals surface area (Å²) in [6.07, 6.45) is 1.59. The molecular formula is C26H27N3O5. The molecular weight excluding hydrogens is 434 g/mol. The fraction of sp³-hybridized carbons (Fsp3) is 0.269. The molecule has 1 atom stereocenters. The lowest BCUT2D eigenvalue weighted by molar-refractivity contribution is -0.123. The van der Waals surface area contributed by atoms with Crippen LogP contribution in [0.15, 0.2) is 59.7 Å². The van der Waals surface area contributed by atoms with Gasteiger partial charge in [0.15, 0.2) is 11.5 Å². The molecule has 4 rings (SSSR count). The smallest absolute Gasteiger partial charge is 0.262 e. The van der Waals surface area contributed by atoms with Gasteiger partial charge in [-0.1, -0.05) is 38.1 Å². The summed E-state index contributed by atoms with van der Waals surface area (Å²) >= 11 is 0. The molecule has 0 saturated heterocycles. The summed E-state index contributed by atoms with van der Waals surface area (Å²) in [5.41, 5.74) is 3.77. The second-order valence-electron chi connectivity index (χ2n) is 8.13. The quantitative estimate of drug-likeness (QED) is 0.392. The van der Waals surface area contributed by atoms with Gasteiger partial charge in [-0.05, 0) is 48.6 Å². The van der Waals surface area contributed by atoms with Crippen LogP contribution in [0.25, 0.3) is 10.8 Å². The average Bonchev–Trinajstić information content (AvgIpc) is 3.31. The highest BCUT2D eigenvalue weighted by Gasteiger charge is 2.25. The highest BCUT2D eigenvalue weighted by atomic mass is 16.7. The molecule has 8 heteroatoms. The molecule has 3 aromatic rings. The molecule has 3 aromatic carbocycles. The molecule has 0 fully saturated rings. The lowest BCUT2D eigenvalue weighted by atomic mass is 10.0. The third-order valence-electron chi connectivity index (χ3n) is 5.47. The van der Waals surface area contributed by atoms with E-state index in [4.69, 9.17) is 14.2 Å². The average molecular weight is 462 g/mol. The van der Waals surface area contributed by atoms with Crippen molar-refractivity contribution in [1.29, 1.82) is 0 Å². The Morgan fingerprint density at radius 1 is 1.06 bits per heavy atom. The number of amides is 2. The Labute approximate surface area is 197 Å². The molecule has 0 saturated carbocycles. The van der Waals surface area contributed by atoms with Gasteiger partial charge in [-0.2, -0.15) is 5.10 Å². The third-order valence-corrected chi connectivity index (χ3v) is 5.47. The molecule has 0 aliphatic carbocycles. The summed E-state index contributed by atoms with van der Waals surface area (Å²) < 4.78 is 16.3. The SMILES string of the molecule is CCOc1ccc(/C=N\NC(=O)C(NC(=O)c2ccc3c(c2)OCO3)C(C)C)c2ccccc12. The van der Waals surface area contributed by atoms with Crippen LogP contribution in [0.5, 0.6) is 17.2 Å². The molecule has 176 valence electrons. The van der Waals surface area contributed by atoms with Crippen LogP contribution >= 0.6 is 0 Å². The van der Waals surface area contributed by atoms with Gasteiger partial charge in [-0.3, -0.25) is 9.59 Å². The van der Waals surface area contributed by atoms with Gasteiger partial charge in [0.2, 0.25) is 6.79 Å². The zero-order chi connectivity index (χ0) is 24.1. The van der Waals surface area contributed by atoms with Gasteiger partial charge in [0.05, 0.1) is 12.8 Å². The molecule has 2 N–H and O–H groups in total. The van der Waals surface area contributed by atoms with E-state index in [-0.39, 0.29) is 18.6 Å². The Morgan fingerprint density at radius 3 is 2.59 bits per heavy atom. The topological polar surface area (TPSA) is 98.2 Å². The zero-order valence-corrected chi connectivity index (χ0v) is 19.3. The number of nitrogens with zero attached hydrogens (tertiary/aromatic N) is 1. The number of nitrogens with one attached hydrogen (secondary N) is 2. The minimum Gasteiger partial charge on any atom is -0.493 e. The Kier molecular flexibility index (Phi) is 6.96. The summed E-state index contributed by atoms with van der Waals surface area (Å²) in [4.78, 5) is 25.6. The maximum absolute atomic E-state index is 12.8. The number of carbonyl (C=O) groups is 2. The minimum absolute atomic E-state index is 0.124. The Bertz CT molecular complexity index is 1240.